The minimum Gasteiger partial charge on any atom is -0.467 e. The fourth-order valence-corrected chi connectivity index (χ4v) is 3.77. The lowest BCUT2D eigenvalue weighted by molar-refractivity contribution is -0.358. The molecule has 3 aliphatic rings. The number of aliphatic hydroxyl groups excluding tert-OH is 8. The molecular weight excluding hydrogens is 456 g/mol. The Labute approximate surface area is 187 Å². The third-order valence-corrected chi connectivity index (χ3v) is 5.84. The lowest BCUT2D eigenvalue weighted by atomic mass is 9.98. The molecule has 0 aromatic rings. The molecule has 0 spiro atoms. The predicted octanol–water partition coefficient (Wildman–Crippen LogP) is -5.73. The Balaban J connectivity index is 1.65. The van der Waals surface area contributed by atoms with Gasteiger partial charge in [0.2, 0.25) is 0 Å². The van der Waals surface area contributed by atoms with E-state index in [1.54, 1.807) is 0 Å². The Morgan fingerprint density at radius 2 is 1.39 bits per heavy atom. The summed E-state index contributed by atoms with van der Waals surface area (Å²) in [5.74, 6) is -1.05. The highest BCUT2D eigenvalue weighted by Crippen LogP contribution is 2.30. The first-order chi connectivity index (χ1) is 15.5. The number of ether oxygens (including phenoxy) is 6. The van der Waals surface area contributed by atoms with Crippen molar-refractivity contribution in [2.75, 3.05) is 13.7 Å². The zero-order valence-electron chi connectivity index (χ0n) is 17.7. The summed E-state index contributed by atoms with van der Waals surface area (Å²) >= 11 is 0. The van der Waals surface area contributed by atoms with Crippen LogP contribution >= 0.6 is 0 Å². The van der Waals surface area contributed by atoms with Crippen molar-refractivity contribution in [3.8, 4) is 0 Å². The normalized spacial score (nSPS) is 51.2. The highest BCUT2D eigenvalue weighted by atomic mass is 16.7. The number of hydrogen-bond donors (Lipinski definition) is 8. The molecule has 0 radical (unpaired) electrons. The molecular formula is C18H30O15. The summed E-state index contributed by atoms with van der Waals surface area (Å²) in [6.45, 7) is 1.00. The summed E-state index contributed by atoms with van der Waals surface area (Å²) in [6, 6.07) is 0. The van der Waals surface area contributed by atoms with Gasteiger partial charge in [0.05, 0.1) is 19.8 Å². The molecule has 8 N–H and O–H groups in total. The van der Waals surface area contributed by atoms with Crippen molar-refractivity contribution in [2.24, 2.45) is 0 Å². The van der Waals surface area contributed by atoms with Crippen LogP contribution in [0.15, 0.2) is 0 Å². The summed E-state index contributed by atoms with van der Waals surface area (Å²) in [5, 5.41) is 80.3. The number of esters is 1. The Kier molecular flexibility index (Phi) is 8.61. The van der Waals surface area contributed by atoms with Gasteiger partial charge in [0.15, 0.2) is 25.0 Å². The Bertz CT molecular complexity index is 665. The Morgan fingerprint density at radius 1 is 0.758 bits per heavy atom. The minimum absolute atomic E-state index is 0.430. The average Bonchev–Trinajstić information content (AvgIpc) is 2.79. The number of rotatable bonds is 5. The van der Waals surface area contributed by atoms with E-state index in [9.17, 15) is 45.6 Å². The monoisotopic (exact) mass is 486 g/mol. The van der Waals surface area contributed by atoms with Gasteiger partial charge in [-0.05, 0) is 6.92 Å². The minimum atomic E-state index is -1.91. The average molecular weight is 486 g/mol. The molecule has 3 saturated heterocycles. The third-order valence-electron chi connectivity index (χ3n) is 5.84. The summed E-state index contributed by atoms with van der Waals surface area (Å²) in [5.41, 5.74) is 0. The van der Waals surface area contributed by atoms with Crippen molar-refractivity contribution in [3.63, 3.8) is 0 Å². The van der Waals surface area contributed by atoms with Crippen LogP contribution in [0.3, 0.4) is 0 Å². The van der Waals surface area contributed by atoms with Crippen LogP contribution in [0.25, 0.3) is 0 Å². The van der Waals surface area contributed by atoms with Gasteiger partial charge >= 0.3 is 5.97 Å². The standard InChI is InChI=1S/C18H30O15/c1-4-6(19)8(21)12(25)18(30-4)31-5-3-29-17(11(24)7(5)20)33-13-9(22)10(23)15(26)32-14(13)16(27)28-2/h4-15,17-26H,3H2,1-2H3/t4-,5+,6-,7-,8+,9+,10+,11+,12+,13-,14-,15?,17-,18-/m0/s1. The summed E-state index contributed by atoms with van der Waals surface area (Å²) < 4.78 is 30.9. The molecule has 14 atom stereocenters. The van der Waals surface area contributed by atoms with Gasteiger partial charge in [-0.25, -0.2) is 4.79 Å². The van der Waals surface area contributed by atoms with Gasteiger partial charge in [0.1, 0.15) is 54.9 Å². The van der Waals surface area contributed by atoms with Gasteiger partial charge in [0.25, 0.3) is 0 Å². The van der Waals surface area contributed by atoms with E-state index in [0.717, 1.165) is 7.11 Å². The molecule has 0 aromatic carbocycles. The van der Waals surface area contributed by atoms with E-state index in [1.165, 1.54) is 6.92 Å². The van der Waals surface area contributed by atoms with Crippen LogP contribution in [0.2, 0.25) is 0 Å². The molecule has 0 saturated carbocycles. The second-order valence-corrected chi connectivity index (χ2v) is 8.09. The molecule has 15 heteroatoms. The number of hydrogen-bond acceptors (Lipinski definition) is 15. The SMILES string of the molecule is COC(=O)[C@H]1OC(O)[C@H](O)[C@@H](O)[C@@H]1O[C@@H]1OC[C@@H](O[C@@H]2O[C@@H](C)[C@H](O)[C@@H](O)[C@H]2O)[C@H](O)[C@H]1O. The van der Waals surface area contributed by atoms with Crippen molar-refractivity contribution >= 4 is 5.97 Å². The summed E-state index contributed by atoms with van der Waals surface area (Å²) in [6.07, 6.45) is -22.3. The van der Waals surface area contributed by atoms with Crippen LogP contribution in [0.1, 0.15) is 6.92 Å². The largest absolute Gasteiger partial charge is 0.467 e. The van der Waals surface area contributed by atoms with Crippen LogP contribution in [-0.4, -0.2) is 147 Å². The van der Waals surface area contributed by atoms with Gasteiger partial charge < -0.3 is 69.3 Å². The molecule has 3 heterocycles. The maximum absolute atomic E-state index is 12.0. The van der Waals surface area contributed by atoms with E-state index >= 15 is 0 Å². The van der Waals surface area contributed by atoms with E-state index in [4.69, 9.17) is 23.7 Å². The molecule has 33 heavy (non-hydrogen) atoms. The lowest BCUT2D eigenvalue weighted by Crippen LogP contribution is -2.64. The van der Waals surface area contributed by atoms with Gasteiger partial charge in [-0.3, -0.25) is 0 Å². The molecule has 1 unspecified atom stereocenters. The first-order valence-corrected chi connectivity index (χ1v) is 10.2. The van der Waals surface area contributed by atoms with Gasteiger partial charge in [-0.2, -0.15) is 0 Å². The molecule has 15 nitrogen and oxygen atoms in total. The molecule has 3 aliphatic heterocycles. The van der Waals surface area contributed by atoms with E-state index in [1.807, 2.05) is 0 Å². The van der Waals surface area contributed by atoms with Crippen molar-refractivity contribution in [1.29, 1.82) is 0 Å². The van der Waals surface area contributed by atoms with Gasteiger partial charge in [-0.15, -0.1) is 0 Å². The predicted molar refractivity (Wildman–Crippen MR) is 98.8 cm³/mol. The molecule has 0 bridgehead atoms. The van der Waals surface area contributed by atoms with E-state index in [-0.39, 0.29) is 0 Å². The van der Waals surface area contributed by atoms with Crippen LogP contribution in [0, 0.1) is 0 Å². The number of carbonyl (C=O) groups excluding carboxylic acids is 1. The maximum Gasteiger partial charge on any atom is 0.337 e. The third kappa shape index (κ3) is 5.30. The zero-order chi connectivity index (χ0) is 24.6. The summed E-state index contributed by atoms with van der Waals surface area (Å²) in [4.78, 5) is 12.0. The Morgan fingerprint density at radius 3 is 2.03 bits per heavy atom. The fourth-order valence-electron chi connectivity index (χ4n) is 3.77. The van der Waals surface area contributed by atoms with E-state index < -0.39 is 98.6 Å². The molecule has 0 aromatic heterocycles. The second kappa shape index (κ2) is 10.7. The van der Waals surface area contributed by atoms with Crippen molar-refractivity contribution < 1.29 is 74.1 Å². The first-order valence-electron chi connectivity index (χ1n) is 10.2. The Hall–Kier alpha value is -1.05. The molecule has 0 amide bonds. The highest BCUT2D eigenvalue weighted by Gasteiger charge is 2.52. The molecule has 192 valence electrons. The number of methoxy groups -OCH3 is 1. The van der Waals surface area contributed by atoms with Crippen molar-refractivity contribution in [1.82, 2.24) is 0 Å². The maximum atomic E-state index is 12.0. The van der Waals surface area contributed by atoms with Crippen LogP contribution in [-0.2, 0) is 33.2 Å². The van der Waals surface area contributed by atoms with Crippen LogP contribution in [0.4, 0.5) is 0 Å². The van der Waals surface area contributed by atoms with Crippen molar-refractivity contribution in [2.45, 2.75) is 92.9 Å². The lowest BCUT2D eigenvalue weighted by Gasteiger charge is -2.45. The number of aliphatic hydroxyl groups is 8. The van der Waals surface area contributed by atoms with Crippen LogP contribution < -0.4 is 0 Å². The fraction of sp³-hybridized carbons (Fsp3) is 0.944. The molecule has 0 aliphatic carbocycles. The second-order valence-electron chi connectivity index (χ2n) is 8.09. The zero-order valence-corrected chi connectivity index (χ0v) is 17.7. The van der Waals surface area contributed by atoms with E-state index in [0.29, 0.717) is 0 Å². The van der Waals surface area contributed by atoms with Crippen molar-refractivity contribution in [3.05, 3.63) is 0 Å². The van der Waals surface area contributed by atoms with E-state index in [2.05, 4.69) is 4.74 Å². The number of carbonyl (C=O) groups is 1. The van der Waals surface area contributed by atoms with Crippen LogP contribution in [0.5, 0.6) is 0 Å². The first kappa shape index (κ1) is 26.6. The van der Waals surface area contributed by atoms with Gasteiger partial charge in [0, 0.05) is 0 Å². The summed E-state index contributed by atoms with van der Waals surface area (Å²) in [7, 11) is 1.02. The molecule has 3 fully saturated rings. The topological polar surface area (TPSA) is 234 Å². The quantitative estimate of drug-likeness (QED) is 0.169. The highest BCUT2D eigenvalue weighted by molar-refractivity contribution is 5.75. The van der Waals surface area contributed by atoms with Gasteiger partial charge in [-0.1, -0.05) is 0 Å². The smallest absolute Gasteiger partial charge is 0.337 e. The molecule has 3 rings (SSSR count).